The van der Waals surface area contributed by atoms with Crippen LogP contribution in [0.2, 0.25) is 0 Å². The molecule has 1 aliphatic carbocycles. The fraction of sp³-hybridized carbons (Fsp3) is 0.571. The Morgan fingerprint density at radius 1 is 1.11 bits per heavy atom. The first-order valence-electron chi connectivity index (χ1n) is 6.55. The maximum Gasteiger partial charge on any atom is 0.180 e. The van der Waals surface area contributed by atoms with Gasteiger partial charge in [0.05, 0.1) is 16.8 Å². The number of benzene rings is 1. The van der Waals surface area contributed by atoms with Crippen LogP contribution >= 0.6 is 0 Å². The van der Waals surface area contributed by atoms with Gasteiger partial charge in [-0.1, -0.05) is 37.5 Å². The Kier molecular flexibility index (Phi) is 4.40. The van der Waals surface area contributed by atoms with E-state index in [1.54, 1.807) is 30.3 Å². The lowest BCUT2D eigenvalue weighted by atomic mass is 9.86. The number of aliphatic hydroxyl groups excluding tert-OH is 1. The molecular formula is C14H20O3S. The van der Waals surface area contributed by atoms with E-state index in [9.17, 15) is 13.5 Å². The zero-order valence-corrected chi connectivity index (χ0v) is 11.3. The molecule has 0 radical (unpaired) electrons. The minimum Gasteiger partial charge on any atom is -0.392 e. The van der Waals surface area contributed by atoms with Gasteiger partial charge in [0.25, 0.3) is 0 Å². The van der Waals surface area contributed by atoms with E-state index >= 15 is 0 Å². The standard InChI is InChI=1S/C14H20O3S/c15-14(12-7-3-1-4-8-12)11-18(16,17)13-9-5-2-6-10-13/h2,5-6,9-10,12,14-15H,1,3-4,7-8,11H2/t14-/m1/s1. The van der Waals surface area contributed by atoms with Gasteiger partial charge in [-0.25, -0.2) is 8.42 Å². The van der Waals surface area contributed by atoms with Gasteiger partial charge in [0.15, 0.2) is 9.84 Å². The molecule has 1 aromatic carbocycles. The summed E-state index contributed by atoms with van der Waals surface area (Å²) in [6.45, 7) is 0. The van der Waals surface area contributed by atoms with Gasteiger partial charge in [-0.2, -0.15) is 0 Å². The molecule has 1 atom stereocenters. The number of aliphatic hydroxyl groups is 1. The third-order valence-corrected chi connectivity index (χ3v) is 5.46. The van der Waals surface area contributed by atoms with Gasteiger partial charge in [0.1, 0.15) is 0 Å². The lowest BCUT2D eigenvalue weighted by Crippen LogP contribution is -2.30. The maximum absolute atomic E-state index is 12.1. The lowest BCUT2D eigenvalue weighted by molar-refractivity contribution is 0.103. The van der Waals surface area contributed by atoms with Gasteiger partial charge in [-0.15, -0.1) is 0 Å². The smallest absolute Gasteiger partial charge is 0.180 e. The molecule has 0 spiro atoms. The Labute approximate surface area is 109 Å². The van der Waals surface area contributed by atoms with Crippen LogP contribution in [0.4, 0.5) is 0 Å². The van der Waals surface area contributed by atoms with Gasteiger partial charge >= 0.3 is 0 Å². The average molecular weight is 268 g/mol. The van der Waals surface area contributed by atoms with E-state index in [1.807, 2.05) is 0 Å². The first kappa shape index (κ1) is 13.6. The molecule has 100 valence electrons. The predicted molar refractivity (Wildman–Crippen MR) is 71.1 cm³/mol. The highest BCUT2D eigenvalue weighted by molar-refractivity contribution is 7.91. The molecule has 0 heterocycles. The van der Waals surface area contributed by atoms with E-state index in [1.165, 1.54) is 6.42 Å². The molecule has 4 heteroatoms. The van der Waals surface area contributed by atoms with Crippen molar-refractivity contribution in [2.45, 2.75) is 43.1 Å². The highest BCUT2D eigenvalue weighted by atomic mass is 32.2. The highest BCUT2D eigenvalue weighted by Crippen LogP contribution is 2.27. The van der Waals surface area contributed by atoms with E-state index < -0.39 is 15.9 Å². The SMILES string of the molecule is O=S(=O)(C[C@@H](O)C1CCCCC1)c1ccccc1. The van der Waals surface area contributed by atoms with Crippen molar-refractivity contribution in [1.82, 2.24) is 0 Å². The second kappa shape index (κ2) is 5.85. The summed E-state index contributed by atoms with van der Waals surface area (Å²) in [5.41, 5.74) is 0. The summed E-state index contributed by atoms with van der Waals surface area (Å²) in [6.07, 6.45) is 4.58. The molecule has 0 aliphatic heterocycles. The van der Waals surface area contributed by atoms with Crippen molar-refractivity contribution in [2.75, 3.05) is 5.75 Å². The highest BCUT2D eigenvalue weighted by Gasteiger charge is 2.27. The van der Waals surface area contributed by atoms with Crippen molar-refractivity contribution in [3.63, 3.8) is 0 Å². The molecule has 2 rings (SSSR count). The number of hydrogen-bond donors (Lipinski definition) is 1. The molecule has 1 N–H and O–H groups in total. The molecular weight excluding hydrogens is 248 g/mol. The Hall–Kier alpha value is -0.870. The van der Waals surface area contributed by atoms with Gasteiger partial charge in [0, 0.05) is 0 Å². The van der Waals surface area contributed by atoms with Crippen LogP contribution in [0.15, 0.2) is 35.2 Å². The molecule has 18 heavy (non-hydrogen) atoms. The lowest BCUT2D eigenvalue weighted by Gasteiger charge is -2.26. The normalized spacial score (nSPS) is 19.6. The number of sulfone groups is 1. The molecule has 0 saturated heterocycles. The first-order valence-corrected chi connectivity index (χ1v) is 8.21. The van der Waals surface area contributed by atoms with Crippen molar-refractivity contribution in [3.8, 4) is 0 Å². The molecule has 0 amide bonds. The fourth-order valence-electron chi connectivity index (χ4n) is 2.60. The van der Waals surface area contributed by atoms with Crippen molar-refractivity contribution in [2.24, 2.45) is 5.92 Å². The van der Waals surface area contributed by atoms with Crippen LogP contribution in [0, 0.1) is 5.92 Å². The Morgan fingerprint density at radius 2 is 1.72 bits per heavy atom. The minimum absolute atomic E-state index is 0.150. The van der Waals surface area contributed by atoms with Crippen LogP contribution in [0.25, 0.3) is 0 Å². The molecule has 0 unspecified atom stereocenters. The monoisotopic (exact) mass is 268 g/mol. The van der Waals surface area contributed by atoms with Crippen molar-refractivity contribution >= 4 is 9.84 Å². The third kappa shape index (κ3) is 3.33. The second-order valence-electron chi connectivity index (χ2n) is 5.06. The molecule has 3 nitrogen and oxygen atoms in total. The quantitative estimate of drug-likeness (QED) is 0.912. The van der Waals surface area contributed by atoms with Gasteiger partial charge < -0.3 is 5.11 Å². The van der Waals surface area contributed by atoms with Crippen LogP contribution in [0.1, 0.15) is 32.1 Å². The Balaban J connectivity index is 2.04. The van der Waals surface area contributed by atoms with Crippen molar-refractivity contribution < 1.29 is 13.5 Å². The maximum atomic E-state index is 12.1. The summed E-state index contributed by atoms with van der Waals surface area (Å²) in [4.78, 5) is 0.305. The van der Waals surface area contributed by atoms with E-state index in [0.29, 0.717) is 4.90 Å². The van der Waals surface area contributed by atoms with Gasteiger partial charge in [-0.05, 0) is 30.9 Å². The van der Waals surface area contributed by atoms with E-state index in [2.05, 4.69) is 0 Å². The van der Waals surface area contributed by atoms with Gasteiger partial charge in [-0.3, -0.25) is 0 Å². The van der Waals surface area contributed by atoms with Crippen molar-refractivity contribution in [3.05, 3.63) is 30.3 Å². The van der Waals surface area contributed by atoms with Crippen LogP contribution in [0.5, 0.6) is 0 Å². The molecule has 0 aromatic heterocycles. The fourth-order valence-corrected chi connectivity index (χ4v) is 4.09. The summed E-state index contributed by atoms with van der Waals surface area (Å²) in [6, 6.07) is 8.38. The predicted octanol–water partition coefficient (Wildman–Crippen LogP) is 2.40. The zero-order chi connectivity index (χ0) is 13.0. The molecule has 1 aromatic rings. The zero-order valence-electron chi connectivity index (χ0n) is 10.5. The number of rotatable bonds is 4. The van der Waals surface area contributed by atoms with E-state index in [-0.39, 0.29) is 11.7 Å². The van der Waals surface area contributed by atoms with Crippen LogP contribution in [-0.2, 0) is 9.84 Å². The molecule has 0 bridgehead atoms. The Bertz CT molecular complexity index is 461. The summed E-state index contributed by atoms with van der Waals surface area (Å²) >= 11 is 0. The third-order valence-electron chi connectivity index (χ3n) is 3.69. The molecule has 1 fully saturated rings. The summed E-state index contributed by atoms with van der Waals surface area (Å²) in [7, 11) is -3.36. The summed E-state index contributed by atoms with van der Waals surface area (Å²) in [5.74, 6) is -0.000891. The second-order valence-corrected chi connectivity index (χ2v) is 7.09. The van der Waals surface area contributed by atoms with Crippen LogP contribution in [0.3, 0.4) is 0 Å². The first-order chi connectivity index (χ1) is 8.59. The van der Waals surface area contributed by atoms with E-state index in [4.69, 9.17) is 0 Å². The van der Waals surface area contributed by atoms with Crippen LogP contribution in [-0.4, -0.2) is 25.4 Å². The largest absolute Gasteiger partial charge is 0.392 e. The van der Waals surface area contributed by atoms with E-state index in [0.717, 1.165) is 25.7 Å². The van der Waals surface area contributed by atoms with Crippen LogP contribution < -0.4 is 0 Å². The topological polar surface area (TPSA) is 54.4 Å². The van der Waals surface area contributed by atoms with Gasteiger partial charge in [0.2, 0.25) is 0 Å². The Morgan fingerprint density at radius 3 is 2.33 bits per heavy atom. The molecule has 1 saturated carbocycles. The summed E-state index contributed by atoms with van der Waals surface area (Å²) in [5, 5.41) is 10.1. The summed E-state index contributed by atoms with van der Waals surface area (Å²) < 4.78 is 24.3. The molecule has 1 aliphatic rings. The minimum atomic E-state index is -3.36. The van der Waals surface area contributed by atoms with Crippen molar-refractivity contribution in [1.29, 1.82) is 0 Å². The number of hydrogen-bond acceptors (Lipinski definition) is 3. The average Bonchev–Trinajstić information content (AvgIpc) is 2.40.